The van der Waals surface area contributed by atoms with Crippen LogP contribution in [0.25, 0.3) is 0 Å². The van der Waals surface area contributed by atoms with E-state index in [0.29, 0.717) is 0 Å². The molecule has 0 aliphatic heterocycles. The van der Waals surface area contributed by atoms with Gasteiger partial charge in [0.25, 0.3) is 0 Å². The Bertz CT molecular complexity index is 641. The lowest BCUT2D eigenvalue weighted by molar-refractivity contribution is 1.72. The number of hydrogen-bond donors (Lipinski definition) is 1. The van der Waals surface area contributed by atoms with Crippen LogP contribution in [0.3, 0.4) is 0 Å². The Balaban J connectivity index is 2.14. The van der Waals surface area contributed by atoms with E-state index in [1.165, 1.54) is 15.9 Å². The number of rotatable bonds is 3. The Morgan fingerprint density at radius 1 is 0.550 bits per heavy atom. The second-order valence-electron chi connectivity index (χ2n) is 4.60. The highest BCUT2D eigenvalue weighted by Crippen LogP contribution is 2.32. The van der Waals surface area contributed by atoms with Gasteiger partial charge in [0.2, 0.25) is 0 Å². The van der Waals surface area contributed by atoms with Crippen LogP contribution in [-0.2, 0) is 0 Å². The maximum atomic E-state index is 5.96. The molecule has 0 unspecified atom stereocenters. The van der Waals surface area contributed by atoms with Crippen LogP contribution >= 0.6 is 7.92 Å². The average Bonchev–Trinajstić information content (AvgIpc) is 2.50. The standard InChI is InChI=1S/C18H16NP/c19-15-8-7-13-18(14-15)20(16-9-3-1-4-10-16)17-11-5-2-6-12-17/h1-14H,19H2. The molecule has 0 amide bonds. The third-order valence-electron chi connectivity index (χ3n) is 3.16. The average molecular weight is 277 g/mol. The molecule has 0 atom stereocenters. The van der Waals surface area contributed by atoms with Crippen LogP contribution in [0.5, 0.6) is 0 Å². The Hall–Kier alpha value is -2.11. The zero-order valence-electron chi connectivity index (χ0n) is 11.1. The fourth-order valence-electron chi connectivity index (χ4n) is 2.27. The Morgan fingerprint density at radius 2 is 1.05 bits per heavy atom. The van der Waals surface area contributed by atoms with Crippen LogP contribution in [-0.4, -0.2) is 0 Å². The maximum absolute atomic E-state index is 5.96. The zero-order chi connectivity index (χ0) is 13.8. The van der Waals surface area contributed by atoms with Gasteiger partial charge in [-0.1, -0.05) is 72.8 Å². The van der Waals surface area contributed by atoms with Gasteiger partial charge in [0.1, 0.15) is 0 Å². The summed E-state index contributed by atoms with van der Waals surface area (Å²) in [7, 11) is -0.542. The van der Waals surface area contributed by atoms with Crippen LogP contribution in [0.4, 0.5) is 5.69 Å². The van der Waals surface area contributed by atoms with Gasteiger partial charge in [0.05, 0.1) is 0 Å². The Morgan fingerprint density at radius 3 is 1.55 bits per heavy atom. The number of benzene rings is 3. The van der Waals surface area contributed by atoms with Crippen molar-refractivity contribution in [1.82, 2.24) is 0 Å². The minimum atomic E-state index is -0.542. The van der Waals surface area contributed by atoms with Crippen molar-refractivity contribution in [3.05, 3.63) is 84.9 Å². The van der Waals surface area contributed by atoms with E-state index in [1.807, 2.05) is 12.1 Å². The summed E-state index contributed by atoms with van der Waals surface area (Å²) in [5, 5.41) is 3.98. The molecular weight excluding hydrogens is 261 g/mol. The lowest BCUT2D eigenvalue weighted by Gasteiger charge is -2.19. The SMILES string of the molecule is Nc1cccc(P(c2ccccc2)c2ccccc2)c1. The molecule has 3 rings (SSSR count). The number of hydrogen-bond acceptors (Lipinski definition) is 1. The molecule has 0 spiro atoms. The smallest absolute Gasteiger partial charge is 0.0320 e. The molecule has 2 N–H and O–H groups in total. The van der Waals surface area contributed by atoms with Crippen molar-refractivity contribution in [1.29, 1.82) is 0 Å². The molecule has 20 heavy (non-hydrogen) atoms. The minimum absolute atomic E-state index is 0.542. The molecule has 2 heteroatoms. The van der Waals surface area contributed by atoms with Gasteiger partial charge in [0, 0.05) is 5.69 Å². The highest BCUT2D eigenvalue weighted by Gasteiger charge is 2.15. The van der Waals surface area contributed by atoms with E-state index < -0.39 is 7.92 Å². The third-order valence-corrected chi connectivity index (χ3v) is 5.58. The Labute approximate surface area is 120 Å². The summed E-state index contributed by atoms with van der Waals surface area (Å²) in [6.45, 7) is 0. The lowest BCUT2D eigenvalue weighted by atomic mass is 10.3. The summed E-state index contributed by atoms with van der Waals surface area (Å²) >= 11 is 0. The first kappa shape index (κ1) is 12.9. The first-order valence-corrected chi connectivity index (χ1v) is 7.94. The predicted octanol–water partition coefficient (Wildman–Crippen LogP) is 3.03. The number of nitrogens with two attached hydrogens (primary N) is 1. The van der Waals surface area contributed by atoms with Gasteiger partial charge >= 0.3 is 0 Å². The minimum Gasteiger partial charge on any atom is -0.399 e. The molecule has 0 saturated heterocycles. The number of anilines is 1. The molecule has 0 radical (unpaired) electrons. The van der Waals surface area contributed by atoms with Gasteiger partial charge < -0.3 is 5.73 Å². The maximum Gasteiger partial charge on any atom is 0.0320 e. The zero-order valence-corrected chi connectivity index (χ0v) is 12.0. The fraction of sp³-hybridized carbons (Fsp3) is 0. The first-order valence-electron chi connectivity index (χ1n) is 6.60. The fourth-order valence-corrected chi connectivity index (χ4v) is 4.61. The normalized spacial score (nSPS) is 10.7. The van der Waals surface area contributed by atoms with Crippen LogP contribution in [0.2, 0.25) is 0 Å². The van der Waals surface area contributed by atoms with Crippen molar-refractivity contribution < 1.29 is 0 Å². The second kappa shape index (κ2) is 5.90. The molecule has 0 aromatic heterocycles. The van der Waals surface area contributed by atoms with E-state index in [-0.39, 0.29) is 0 Å². The molecule has 3 aromatic rings. The van der Waals surface area contributed by atoms with Gasteiger partial charge in [-0.05, 0) is 36.0 Å². The van der Waals surface area contributed by atoms with Crippen molar-refractivity contribution in [3.8, 4) is 0 Å². The first-order chi connectivity index (χ1) is 9.84. The van der Waals surface area contributed by atoms with Crippen LogP contribution in [0.1, 0.15) is 0 Å². The molecule has 0 fully saturated rings. The molecule has 0 saturated carbocycles. The van der Waals surface area contributed by atoms with E-state index >= 15 is 0 Å². The monoisotopic (exact) mass is 277 g/mol. The van der Waals surface area contributed by atoms with Gasteiger partial charge in [-0.3, -0.25) is 0 Å². The topological polar surface area (TPSA) is 26.0 Å². The molecule has 1 nitrogen and oxygen atoms in total. The van der Waals surface area contributed by atoms with Crippen molar-refractivity contribution >= 4 is 29.5 Å². The van der Waals surface area contributed by atoms with Crippen molar-refractivity contribution in [2.45, 2.75) is 0 Å². The summed E-state index contributed by atoms with van der Waals surface area (Å²) in [4.78, 5) is 0. The lowest BCUT2D eigenvalue weighted by Crippen LogP contribution is -2.20. The molecule has 0 bridgehead atoms. The highest BCUT2D eigenvalue weighted by molar-refractivity contribution is 7.79. The van der Waals surface area contributed by atoms with E-state index in [2.05, 4.69) is 72.8 Å². The van der Waals surface area contributed by atoms with Crippen LogP contribution < -0.4 is 21.6 Å². The second-order valence-corrected chi connectivity index (χ2v) is 6.82. The molecule has 0 heterocycles. The summed E-state index contributed by atoms with van der Waals surface area (Å²) in [6, 6.07) is 29.5. The summed E-state index contributed by atoms with van der Waals surface area (Å²) in [5.74, 6) is 0. The van der Waals surface area contributed by atoms with E-state index in [1.54, 1.807) is 0 Å². The molecule has 0 aliphatic rings. The van der Waals surface area contributed by atoms with E-state index in [0.717, 1.165) is 5.69 Å². The molecule has 0 aliphatic carbocycles. The quantitative estimate of drug-likeness (QED) is 0.578. The predicted molar refractivity (Wildman–Crippen MR) is 89.6 cm³/mol. The van der Waals surface area contributed by atoms with Crippen molar-refractivity contribution in [3.63, 3.8) is 0 Å². The van der Waals surface area contributed by atoms with Crippen molar-refractivity contribution in [2.75, 3.05) is 5.73 Å². The largest absolute Gasteiger partial charge is 0.399 e. The van der Waals surface area contributed by atoms with E-state index in [4.69, 9.17) is 5.73 Å². The van der Waals surface area contributed by atoms with Crippen molar-refractivity contribution in [2.24, 2.45) is 0 Å². The summed E-state index contributed by atoms with van der Waals surface area (Å²) in [6.07, 6.45) is 0. The molecule has 3 aromatic carbocycles. The van der Waals surface area contributed by atoms with Crippen LogP contribution in [0, 0.1) is 0 Å². The van der Waals surface area contributed by atoms with Gasteiger partial charge in [-0.15, -0.1) is 0 Å². The number of nitrogen functional groups attached to an aromatic ring is 1. The Kier molecular flexibility index (Phi) is 3.80. The highest BCUT2D eigenvalue weighted by atomic mass is 31.1. The van der Waals surface area contributed by atoms with Gasteiger partial charge in [-0.25, -0.2) is 0 Å². The van der Waals surface area contributed by atoms with Gasteiger partial charge in [-0.2, -0.15) is 0 Å². The van der Waals surface area contributed by atoms with E-state index in [9.17, 15) is 0 Å². The molecule has 98 valence electrons. The van der Waals surface area contributed by atoms with Crippen LogP contribution in [0.15, 0.2) is 84.9 Å². The van der Waals surface area contributed by atoms with Gasteiger partial charge in [0.15, 0.2) is 0 Å². The third kappa shape index (κ3) is 2.74. The summed E-state index contributed by atoms with van der Waals surface area (Å²) in [5.41, 5.74) is 6.78. The summed E-state index contributed by atoms with van der Waals surface area (Å²) < 4.78 is 0. The molecular formula is C18H16NP.